The van der Waals surface area contributed by atoms with Crippen molar-refractivity contribution in [2.24, 2.45) is 5.92 Å². The number of halogens is 1. The Labute approximate surface area is 163 Å². The third kappa shape index (κ3) is 4.69. The molecule has 0 spiro atoms. The summed E-state index contributed by atoms with van der Waals surface area (Å²) in [5.41, 5.74) is 0.543. The molecule has 1 aromatic rings. The third-order valence-electron chi connectivity index (χ3n) is 4.30. The van der Waals surface area contributed by atoms with Crippen molar-refractivity contribution in [1.29, 1.82) is 0 Å². The van der Waals surface area contributed by atoms with Crippen molar-refractivity contribution < 1.29 is 19.1 Å². The minimum atomic E-state index is -0.0670. The molecule has 1 saturated heterocycles. The van der Waals surface area contributed by atoms with Gasteiger partial charge < -0.3 is 19.3 Å². The average Bonchev–Trinajstić information content (AvgIpc) is 2.65. The Hall–Kier alpha value is -1.76. The van der Waals surface area contributed by atoms with Gasteiger partial charge in [0.05, 0.1) is 18.2 Å². The Morgan fingerprint density at radius 1 is 1.15 bits per heavy atom. The van der Waals surface area contributed by atoms with Gasteiger partial charge in [0.2, 0.25) is 5.91 Å². The van der Waals surface area contributed by atoms with Gasteiger partial charge in [-0.3, -0.25) is 9.59 Å². The second-order valence-electron chi connectivity index (χ2n) is 6.61. The molecular formula is C19H27BrN2O4. The lowest BCUT2D eigenvalue weighted by Crippen LogP contribution is -2.51. The Morgan fingerprint density at radius 3 is 2.31 bits per heavy atom. The first-order chi connectivity index (χ1) is 12.4. The number of methoxy groups -OCH3 is 1. The predicted molar refractivity (Wildman–Crippen MR) is 104 cm³/mol. The summed E-state index contributed by atoms with van der Waals surface area (Å²) in [5.74, 6) is 1.19. The number of piperazine rings is 1. The van der Waals surface area contributed by atoms with Crippen molar-refractivity contribution in [3.63, 3.8) is 0 Å². The number of hydrogen-bond donors (Lipinski definition) is 0. The van der Waals surface area contributed by atoms with Gasteiger partial charge in [0.15, 0.2) is 11.5 Å². The fourth-order valence-electron chi connectivity index (χ4n) is 2.87. The summed E-state index contributed by atoms with van der Waals surface area (Å²) >= 11 is 3.48. The van der Waals surface area contributed by atoms with Crippen LogP contribution in [0.2, 0.25) is 0 Å². The maximum absolute atomic E-state index is 12.9. The molecule has 0 aliphatic carbocycles. The maximum atomic E-state index is 12.9. The van der Waals surface area contributed by atoms with E-state index in [9.17, 15) is 9.59 Å². The van der Waals surface area contributed by atoms with E-state index in [1.807, 2.05) is 25.7 Å². The van der Waals surface area contributed by atoms with E-state index in [2.05, 4.69) is 15.9 Å². The van der Waals surface area contributed by atoms with E-state index >= 15 is 0 Å². The predicted octanol–water partition coefficient (Wildman–Crippen LogP) is 3.19. The van der Waals surface area contributed by atoms with Crippen LogP contribution in [0.1, 0.15) is 37.6 Å². The van der Waals surface area contributed by atoms with Crippen LogP contribution in [0.25, 0.3) is 0 Å². The highest BCUT2D eigenvalue weighted by atomic mass is 79.9. The van der Waals surface area contributed by atoms with E-state index in [-0.39, 0.29) is 17.7 Å². The molecule has 144 valence electrons. The van der Waals surface area contributed by atoms with Gasteiger partial charge in [0.1, 0.15) is 0 Å². The van der Waals surface area contributed by atoms with E-state index in [0.29, 0.717) is 54.3 Å². The summed E-state index contributed by atoms with van der Waals surface area (Å²) in [6, 6.07) is 3.48. The Morgan fingerprint density at radius 2 is 1.77 bits per heavy atom. The van der Waals surface area contributed by atoms with Crippen molar-refractivity contribution in [3.8, 4) is 11.5 Å². The van der Waals surface area contributed by atoms with E-state index in [1.165, 1.54) is 0 Å². The van der Waals surface area contributed by atoms with Crippen LogP contribution < -0.4 is 9.47 Å². The summed E-state index contributed by atoms with van der Waals surface area (Å²) in [4.78, 5) is 28.5. The number of nitrogens with zero attached hydrogens (tertiary/aromatic N) is 2. The highest BCUT2D eigenvalue weighted by molar-refractivity contribution is 9.10. The Kier molecular flexibility index (Phi) is 7.32. The molecule has 1 aromatic carbocycles. The second-order valence-corrected chi connectivity index (χ2v) is 7.46. The zero-order chi connectivity index (χ0) is 19.3. The molecule has 1 fully saturated rings. The fourth-order valence-corrected chi connectivity index (χ4v) is 3.42. The van der Waals surface area contributed by atoms with E-state index in [0.717, 1.165) is 6.42 Å². The quantitative estimate of drug-likeness (QED) is 0.700. The lowest BCUT2D eigenvalue weighted by atomic mass is 10.1. The normalized spacial score (nSPS) is 14.5. The highest BCUT2D eigenvalue weighted by Gasteiger charge is 2.27. The molecule has 2 rings (SSSR count). The molecule has 0 aromatic heterocycles. The molecule has 0 saturated carbocycles. The molecule has 0 atom stereocenters. The summed E-state index contributed by atoms with van der Waals surface area (Å²) in [6.45, 7) is 8.60. The topological polar surface area (TPSA) is 59.1 Å². The smallest absolute Gasteiger partial charge is 0.254 e. The monoisotopic (exact) mass is 426 g/mol. The lowest BCUT2D eigenvalue weighted by molar-refractivity contribution is -0.135. The molecule has 7 heteroatoms. The largest absolute Gasteiger partial charge is 0.493 e. The van der Waals surface area contributed by atoms with Crippen LogP contribution >= 0.6 is 15.9 Å². The summed E-state index contributed by atoms with van der Waals surface area (Å²) in [7, 11) is 1.56. The fraction of sp³-hybridized carbons (Fsp3) is 0.579. The minimum absolute atomic E-state index is 0.0202. The zero-order valence-electron chi connectivity index (χ0n) is 15.9. The molecule has 0 N–H and O–H groups in total. The first-order valence-corrected chi connectivity index (χ1v) is 9.76. The molecule has 1 heterocycles. The molecule has 6 nitrogen and oxygen atoms in total. The van der Waals surface area contributed by atoms with Crippen LogP contribution in [-0.4, -0.2) is 61.5 Å². The van der Waals surface area contributed by atoms with Crippen LogP contribution in [0, 0.1) is 5.92 Å². The lowest BCUT2D eigenvalue weighted by Gasteiger charge is -2.35. The number of benzene rings is 1. The van der Waals surface area contributed by atoms with E-state index < -0.39 is 0 Å². The zero-order valence-corrected chi connectivity index (χ0v) is 17.5. The van der Waals surface area contributed by atoms with Gasteiger partial charge in [-0.05, 0) is 34.5 Å². The van der Waals surface area contributed by atoms with Crippen molar-refractivity contribution in [1.82, 2.24) is 9.80 Å². The highest BCUT2D eigenvalue weighted by Crippen LogP contribution is 2.37. The molecule has 2 amide bonds. The Bertz CT molecular complexity index is 655. The van der Waals surface area contributed by atoms with Crippen LogP contribution in [0.3, 0.4) is 0 Å². The minimum Gasteiger partial charge on any atom is -0.493 e. The van der Waals surface area contributed by atoms with Crippen molar-refractivity contribution >= 4 is 27.7 Å². The number of carbonyl (C=O) groups excluding carboxylic acids is 2. The third-order valence-corrected chi connectivity index (χ3v) is 4.89. The van der Waals surface area contributed by atoms with Crippen LogP contribution in [-0.2, 0) is 4.79 Å². The molecule has 1 aliphatic heterocycles. The van der Waals surface area contributed by atoms with Gasteiger partial charge in [0.25, 0.3) is 5.91 Å². The second kappa shape index (κ2) is 9.26. The van der Waals surface area contributed by atoms with Crippen molar-refractivity contribution in [2.45, 2.75) is 27.2 Å². The summed E-state index contributed by atoms with van der Waals surface area (Å²) < 4.78 is 11.8. The van der Waals surface area contributed by atoms with Gasteiger partial charge in [-0.1, -0.05) is 20.8 Å². The molecule has 0 radical (unpaired) electrons. The Balaban J connectivity index is 2.10. The standard InChI is InChI=1S/C19H27BrN2O4/c1-5-10-26-17-15(20)11-14(12-16(17)25-4)19(24)22-8-6-21(7-9-22)18(23)13(2)3/h11-13H,5-10H2,1-4H3. The molecule has 1 aliphatic rings. The number of carbonyl (C=O) groups is 2. The first-order valence-electron chi connectivity index (χ1n) is 8.97. The van der Waals surface area contributed by atoms with Crippen LogP contribution in [0.15, 0.2) is 16.6 Å². The van der Waals surface area contributed by atoms with Crippen LogP contribution in [0.5, 0.6) is 11.5 Å². The first kappa shape index (κ1) is 20.6. The van der Waals surface area contributed by atoms with E-state index in [1.54, 1.807) is 24.1 Å². The van der Waals surface area contributed by atoms with Crippen molar-refractivity contribution in [3.05, 3.63) is 22.2 Å². The van der Waals surface area contributed by atoms with Crippen molar-refractivity contribution in [2.75, 3.05) is 39.9 Å². The summed E-state index contributed by atoms with van der Waals surface area (Å²) in [5, 5.41) is 0. The van der Waals surface area contributed by atoms with Gasteiger partial charge in [-0.25, -0.2) is 0 Å². The van der Waals surface area contributed by atoms with Gasteiger partial charge in [-0.2, -0.15) is 0 Å². The van der Waals surface area contributed by atoms with Crippen LogP contribution in [0.4, 0.5) is 0 Å². The maximum Gasteiger partial charge on any atom is 0.254 e. The average molecular weight is 427 g/mol. The summed E-state index contributed by atoms with van der Waals surface area (Å²) in [6.07, 6.45) is 0.885. The van der Waals surface area contributed by atoms with Gasteiger partial charge >= 0.3 is 0 Å². The number of hydrogen-bond acceptors (Lipinski definition) is 4. The van der Waals surface area contributed by atoms with Gasteiger partial charge in [-0.15, -0.1) is 0 Å². The molecule has 0 unspecified atom stereocenters. The van der Waals surface area contributed by atoms with Gasteiger partial charge in [0, 0.05) is 37.7 Å². The number of rotatable bonds is 6. The molecular weight excluding hydrogens is 400 g/mol. The van der Waals surface area contributed by atoms with E-state index in [4.69, 9.17) is 9.47 Å². The molecule has 26 heavy (non-hydrogen) atoms. The SMILES string of the molecule is CCCOc1c(Br)cc(C(=O)N2CCN(C(=O)C(C)C)CC2)cc1OC. The number of ether oxygens (including phenoxy) is 2. The number of amides is 2. The molecule has 0 bridgehead atoms.